The van der Waals surface area contributed by atoms with Gasteiger partial charge >= 0.3 is 0 Å². The van der Waals surface area contributed by atoms with Crippen molar-refractivity contribution >= 4 is 5.91 Å². The summed E-state index contributed by atoms with van der Waals surface area (Å²) < 4.78 is 13.1. The highest BCUT2D eigenvalue weighted by atomic mass is 19.1. The van der Waals surface area contributed by atoms with Gasteiger partial charge in [-0.15, -0.1) is 0 Å². The minimum Gasteiger partial charge on any atom is -0.339 e. The van der Waals surface area contributed by atoms with Crippen molar-refractivity contribution in [1.82, 2.24) is 20.0 Å². The Balaban J connectivity index is 1.36. The molecule has 4 aliphatic rings. The number of piperidine rings is 1. The predicted octanol–water partition coefficient (Wildman–Crippen LogP) is 1.15. The van der Waals surface area contributed by atoms with Gasteiger partial charge in [-0.3, -0.25) is 14.6 Å². The van der Waals surface area contributed by atoms with Gasteiger partial charge in [0.15, 0.2) is 0 Å². The van der Waals surface area contributed by atoms with Gasteiger partial charge in [-0.2, -0.15) is 0 Å². The van der Waals surface area contributed by atoms with Crippen LogP contribution in [0, 0.1) is 11.7 Å². The predicted molar refractivity (Wildman–Crippen MR) is 99.2 cm³/mol. The number of benzene rings is 1. The van der Waals surface area contributed by atoms with Crippen LogP contribution in [-0.4, -0.2) is 79.0 Å². The number of amides is 1. The van der Waals surface area contributed by atoms with E-state index in [2.05, 4.69) is 15.1 Å². The van der Waals surface area contributed by atoms with Crippen LogP contribution in [0.15, 0.2) is 24.3 Å². The highest BCUT2D eigenvalue weighted by Gasteiger charge is 2.36. The molecule has 0 aromatic heterocycles. The first-order valence-corrected chi connectivity index (χ1v) is 9.87. The van der Waals surface area contributed by atoms with Crippen LogP contribution in [-0.2, 0) is 11.3 Å². The summed E-state index contributed by atoms with van der Waals surface area (Å²) in [5, 5.41) is 3.31. The van der Waals surface area contributed by atoms with Gasteiger partial charge in [-0.25, -0.2) is 4.39 Å². The number of fused-ring (bicyclic) bond motifs is 4. The van der Waals surface area contributed by atoms with E-state index in [9.17, 15) is 9.18 Å². The van der Waals surface area contributed by atoms with Crippen LogP contribution in [0.3, 0.4) is 0 Å². The van der Waals surface area contributed by atoms with E-state index < -0.39 is 0 Å². The van der Waals surface area contributed by atoms with E-state index in [1.165, 1.54) is 12.8 Å². The highest BCUT2D eigenvalue weighted by molar-refractivity contribution is 5.78. The van der Waals surface area contributed by atoms with Crippen molar-refractivity contribution in [3.8, 4) is 0 Å². The van der Waals surface area contributed by atoms with Crippen LogP contribution < -0.4 is 5.32 Å². The highest BCUT2D eigenvalue weighted by Crippen LogP contribution is 2.28. The Kier molecular flexibility index (Phi) is 5.52. The summed E-state index contributed by atoms with van der Waals surface area (Å²) in [5.41, 5.74) is 1.16. The fourth-order valence-electron chi connectivity index (χ4n) is 4.63. The average molecular weight is 360 g/mol. The van der Waals surface area contributed by atoms with E-state index in [0.29, 0.717) is 18.5 Å². The third kappa shape index (κ3) is 4.24. The topological polar surface area (TPSA) is 38.8 Å². The Labute approximate surface area is 155 Å². The number of piperazine rings is 1. The van der Waals surface area contributed by atoms with E-state index in [-0.39, 0.29) is 11.7 Å². The fourth-order valence-corrected chi connectivity index (χ4v) is 4.63. The first-order valence-electron chi connectivity index (χ1n) is 9.87. The molecule has 0 aliphatic carbocycles. The Morgan fingerprint density at radius 3 is 2.62 bits per heavy atom. The lowest BCUT2D eigenvalue weighted by atomic mass is 9.95. The maximum atomic E-state index is 13.1. The molecule has 0 saturated carbocycles. The van der Waals surface area contributed by atoms with Crippen LogP contribution >= 0.6 is 0 Å². The minimum atomic E-state index is -0.178. The SMILES string of the molecule is O=C(CN1C[C@@H]2CC[C@H]1CN(Cc1ccc(F)cc1)C2)N1CCNCC1. The van der Waals surface area contributed by atoms with E-state index >= 15 is 0 Å². The number of hydrogen-bond donors (Lipinski definition) is 1. The van der Waals surface area contributed by atoms with Crippen molar-refractivity contribution in [1.29, 1.82) is 0 Å². The molecule has 4 aliphatic heterocycles. The molecule has 6 heteroatoms. The summed E-state index contributed by atoms with van der Waals surface area (Å²) in [5.74, 6) is 0.733. The lowest BCUT2D eigenvalue weighted by molar-refractivity contribution is -0.134. The normalized spacial score (nSPS) is 27.5. The third-order valence-corrected chi connectivity index (χ3v) is 6.03. The molecule has 0 radical (unpaired) electrons. The van der Waals surface area contributed by atoms with E-state index in [4.69, 9.17) is 0 Å². The quantitative estimate of drug-likeness (QED) is 0.875. The lowest BCUT2D eigenvalue weighted by Gasteiger charge is -2.37. The van der Waals surface area contributed by atoms with Gasteiger partial charge in [0.25, 0.3) is 0 Å². The molecule has 0 spiro atoms. The van der Waals surface area contributed by atoms with Crippen molar-refractivity contribution in [2.24, 2.45) is 5.92 Å². The van der Waals surface area contributed by atoms with E-state index in [0.717, 1.165) is 57.9 Å². The molecule has 26 heavy (non-hydrogen) atoms. The molecule has 4 fully saturated rings. The minimum absolute atomic E-state index is 0.178. The van der Waals surface area contributed by atoms with Crippen LogP contribution in [0.4, 0.5) is 4.39 Å². The molecule has 4 heterocycles. The molecule has 1 aromatic carbocycles. The second-order valence-electron chi connectivity index (χ2n) is 7.98. The number of hydrogen-bond acceptors (Lipinski definition) is 4. The van der Waals surface area contributed by atoms with Gasteiger partial charge in [0.05, 0.1) is 6.54 Å². The summed E-state index contributed by atoms with van der Waals surface area (Å²) in [6, 6.07) is 7.31. The summed E-state index contributed by atoms with van der Waals surface area (Å²) >= 11 is 0. The zero-order valence-corrected chi connectivity index (χ0v) is 15.4. The van der Waals surface area contributed by atoms with Gasteiger partial charge in [-0.1, -0.05) is 12.1 Å². The molecule has 1 N–H and O–H groups in total. The number of nitrogens with one attached hydrogen (secondary N) is 1. The van der Waals surface area contributed by atoms with Crippen molar-refractivity contribution < 1.29 is 9.18 Å². The first-order chi connectivity index (χ1) is 12.7. The van der Waals surface area contributed by atoms with Crippen molar-refractivity contribution in [3.05, 3.63) is 35.6 Å². The molecule has 0 unspecified atom stereocenters. The van der Waals surface area contributed by atoms with Gasteiger partial charge in [0.2, 0.25) is 5.91 Å². The number of carbonyl (C=O) groups is 1. The standard InChI is InChI=1S/C20H29FN4O/c21-18-4-1-16(2-5-18)11-23-12-17-3-6-19(14-23)25(13-17)15-20(26)24-9-7-22-8-10-24/h1-2,4-5,17,19,22H,3,6-15H2/t17-,19+/m1/s1. The molecule has 2 bridgehead atoms. The number of rotatable bonds is 4. The number of carbonyl (C=O) groups excluding carboxylic acids is 1. The van der Waals surface area contributed by atoms with Crippen molar-refractivity contribution in [2.45, 2.75) is 25.4 Å². The van der Waals surface area contributed by atoms with Gasteiger partial charge in [0.1, 0.15) is 5.82 Å². The molecule has 2 atom stereocenters. The van der Waals surface area contributed by atoms with Crippen molar-refractivity contribution in [3.63, 3.8) is 0 Å². The average Bonchev–Trinajstić information content (AvgIpc) is 2.95. The van der Waals surface area contributed by atoms with Crippen molar-refractivity contribution in [2.75, 3.05) is 52.4 Å². The molecule has 142 valence electrons. The summed E-state index contributed by atoms with van der Waals surface area (Å²) in [6.07, 6.45) is 2.43. The molecular formula is C20H29FN4O. The van der Waals surface area contributed by atoms with Gasteiger partial charge in [-0.05, 0) is 36.5 Å². The largest absolute Gasteiger partial charge is 0.339 e. The Hall–Kier alpha value is -1.50. The van der Waals surface area contributed by atoms with Crippen LogP contribution in [0.5, 0.6) is 0 Å². The second-order valence-corrected chi connectivity index (χ2v) is 7.98. The fraction of sp³-hybridized carbons (Fsp3) is 0.650. The summed E-state index contributed by atoms with van der Waals surface area (Å²) in [7, 11) is 0. The smallest absolute Gasteiger partial charge is 0.236 e. The molecule has 5 nitrogen and oxygen atoms in total. The summed E-state index contributed by atoms with van der Waals surface area (Å²) in [6.45, 7) is 8.01. The van der Waals surface area contributed by atoms with Crippen LogP contribution in [0.25, 0.3) is 0 Å². The molecule has 1 aromatic rings. The Morgan fingerprint density at radius 1 is 1.08 bits per heavy atom. The molecule has 5 rings (SSSR count). The Morgan fingerprint density at radius 2 is 1.85 bits per heavy atom. The van der Waals surface area contributed by atoms with E-state index in [1.807, 2.05) is 17.0 Å². The maximum Gasteiger partial charge on any atom is 0.236 e. The van der Waals surface area contributed by atoms with Crippen LogP contribution in [0.1, 0.15) is 18.4 Å². The zero-order chi connectivity index (χ0) is 17.9. The lowest BCUT2D eigenvalue weighted by Crippen LogP contribution is -2.53. The summed E-state index contributed by atoms with van der Waals surface area (Å²) in [4.78, 5) is 19.6. The number of nitrogens with zero attached hydrogens (tertiary/aromatic N) is 3. The monoisotopic (exact) mass is 360 g/mol. The van der Waals surface area contributed by atoms with Crippen LogP contribution in [0.2, 0.25) is 0 Å². The van der Waals surface area contributed by atoms with E-state index in [1.54, 1.807) is 12.1 Å². The van der Waals surface area contributed by atoms with Gasteiger partial charge in [0, 0.05) is 58.4 Å². The number of halogens is 1. The maximum absolute atomic E-state index is 13.1. The Bertz CT molecular complexity index is 617. The zero-order valence-electron chi connectivity index (χ0n) is 15.4. The first kappa shape index (κ1) is 17.9. The molecule has 1 amide bonds. The van der Waals surface area contributed by atoms with Gasteiger partial charge < -0.3 is 10.2 Å². The molecular weight excluding hydrogens is 331 g/mol. The second kappa shape index (κ2) is 8.03. The molecule has 4 saturated heterocycles. The third-order valence-electron chi connectivity index (χ3n) is 6.03.